The van der Waals surface area contributed by atoms with E-state index in [9.17, 15) is 4.79 Å². The number of rotatable bonds is 5. The zero-order chi connectivity index (χ0) is 19.3. The van der Waals surface area contributed by atoms with Gasteiger partial charge in [0.25, 0.3) is 5.91 Å². The number of hydrogen-bond donors (Lipinski definition) is 1. The van der Waals surface area contributed by atoms with E-state index in [4.69, 9.17) is 9.47 Å². The zero-order valence-corrected chi connectivity index (χ0v) is 16.3. The maximum Gasteiger partial charge on any atom is 0.251 e. The maximum absolute atomic E-state index is 12.5. The van der Waals surface area contributed by atoms with Gasteiger partial charge in [0.05, 0.1) is 6.61 Å². The van der Waals surface area contributed by atoms with Crippen LogP contribution in [0.4, 0.5) is 0 Å². The largest absolute Gasteiger partial charge is 0.467 e. The van der Waals surface area contributed by atoms with Crippen molar-refractivity contribution in [1.29, 1.82) is 0 Å². The van der Waals surface area contributed by atoms with E-state index in [0.29, 0.717) is 18.7 Å². The minimum atomic E-state index is -0.0881. The molecule has 6 heteroatoms. The fraction of sp³-hybridized carbons (Fsp3) is 0.409. The van der Waals surface area contributed by atoms with Crippen LogP contribution in [-0.2, 0) is 24.4 Å². The second kappa shape index (κ2) is 8.73. The van der Waals surface area contributed by atoms with E-state index in [-0.39, 0.29) is 12.7 Å². The Morgan fingerprint density at radius 3 is 2.57 bits per heavy atom. The second-order valence-corrected chi connectivity index (χ2v) is 7.51. The van der Waals surface area contributed by atoms with Crippen LogP contribution in [0.1, 0.15) is 27.0 Å². The lowest BCUT2D eigenvalue weighted by Crippen LogP contribution is -2.43. The highest BCUT2D eigenvalue weighted by molar-refractivity contribution is 5.94. The minimum absolute atomic E-state index is 0.0881. The summed E-state index contributed by atoms with van der Waals surface area (Å²) in [5, 5.41) is 2.99. The van der Waals surface area contributed by atoms with Crippen molar-refractivity contribution in [3.05, 3.63) is 64.7 Å². The first-order valence-electron chi connectivity index (χ1n) is 9.78. The van der Waals surface area contributed by atoms with Crippen LogP contribution in [0.3, 0.4) is 0 Å². The Balaban J connectivity index is 1.29. The smallest absolute Gasteiger partial charge is 0.251 e. The second-order valence-electron chi connectivity index (χ2n) is 7.51. The van der Waals surface area contributed by atoms with Gasteiger partial charge >= 0.3 is 0 Å². The van der Waals surface area contributed by atoms with Gasteiger partial charge in [-0.15, -0.1) is 0 Å². The number of carbonyl (C=O) groups excluding carboxylic acids is 1. The Hall–Kier alpha value is -2.41. The molecular formula is C22H27N3O3. The van der Waals surface area contributed by atoms with Gasteiger partial charge in [0.1, 0.15) is 5.75 Å². The lowest BCUT2D eigenvalue weighted by Gasteiger charge is -2.32. The molecule has 0 bridgehead atoms. The molecule has 2 aromatic carbocycles. The van der Waals surface area contributed by atoms with Gasteiger partial charge in [-0.3, -0.25) is 9.69 Å². The van der Waals surface area contributed by atoms with Gasteiger partial charge in [-0.25, -0.2) is 0 Å². The molecule has 2 heterocycles. The van der Waals surface area contributed by atoms with Gasteiger partial charge < -0.3 is 19.7 Å². The van der Waals surface area contributed by atoms with Crippen LogP contribution < -0.4 is 10.1 Å². The molecule has 6 nitrogen and oxygen atoms in total. The number of carbonyl (C=O) groups is 1. The monoisotopic (exact) mass is 381 g/mol. The van der Waals surface area contributed by atoms with Gasteiger partial charge in [-0.1, -0.05) is 24.3 Å². The Morgan fingerprint density at radius 2 is 1.79 bits per heavy atom. The average Bonchev–Trinajstić information content (AvgIpc) is 2.74. The standard InChI is InChI=1S/C22H27N3O3/c1-24-8-10-25(11-9-24)14-18-4-2-17(3-5-18)13-23-22(26)19-6-7-21-20(12-19)15-27-16-28-21/h2-7,12H,8-11,13-16H2,1H3,(H,23,26). The molecule has 0 spiro atoms. The molecule has 28 heavy (non-hydrogen) atoms. The van der Waals surface area contributed by atoms with Crippen LogP contribution in [-0.4, -0.2) is 55.7 Å². The van der Waals surface area contributed by atoms with Crippen molar-refractivity contribution >= 4 is 5.91 Å². The number of piperazine rings is 1. The van der Waals surface area contributed by atoms with E-state index in [1.54, 1.807) is 6.07 Å². The average molecular weight is 381 g/mol. The van der Waals surface area contributed by atoms with E-state index in [0.717, 1.165) is 49.6 Å². The van der Waals surface area contributed by atoms with Crippen molar-refractivity contribution in [3.63, 3.8) is 0 Å². The molecule has 148 valence electrons. The van der Waals surface area contributed by atoms with Gasteiger partial charge in [0.15, 0.2) is 6.79 Å². The molecule has 1 fully saturated rings. The normalized spacial score (nSPS) is 17.6. The Labute approximate surface area is 166 Å². The quantitative estimate of drug-likeness (QED) is 0.861. The van der Waals surface area contributed by atoms with Crippen LogP contribution >= 0.6 is 0 Å². The Kier molecular flexibility index (Phi) is 5.90. The highest BCUT2D eigenvalue weighted by Gasteiger charge is 2.15. The summed E-state index contributed by atoms with van der Waals surface area (Å²) in [6.07, 6.45) is 0. The number of benzene rings is 2. The predicted octanol–water partition coefficient (Wildman–Crippen LogP) is 2.23. The number of amides is 1. The molecule has 1 saturated heterocycles. The maximum atomic E-state index is 12.5. The molecular weight excluding hydrogens is 354 g/mol. The molecule has 0 atom stereocenters. The predicted molar refractivity (Wildman–Crippen MR) is 107 cm³/mol. The van der Waals surface area contributed by atoms with Crippen molar-refractivity contribution in [2.75, 3.05) is 40.0 Å². The molecule has 1 amide bonds. The highest BCUT2D eigenvalue weighted by Crippen LogP contribution is 2.24. The summed E-state index contributed by atoms with van der Waals surface area (Å²) in [6, 6.07) is 14.0. The zero-order valence-electron chi connectivity index (χ0n) is 16.3. The summed E-state index contributed by atoms with van der Waals surface area (Å²) in [6.45, 7) is 6.73. The lowest BCUT2D eigenvalue weighted by molar-refractivity contribution is -0.0163. The third kappa shape index (κ3) is 4.70. The summed E-state index contributed by atoms with van der Waals surface area (Å²) in [7, 11) is 2.17. The van der Waals surface area contributed by atoms with E-state index >= 15 is 0 Å². The summed E-state index contributed by atoms with van der Waals surface area (Å²) in [5.74, 6) is 0.702. The first-order valence-corrected chi connectivity index (χ1v) is 9.78. The summed E-state index contributed by atoms with van der Waals surface area (Å²) in [4.78, 5) is 17.3. The van der Waals surface area contributed by atoms with Crippen LogP contribution in [0.5, 0.6) is 5.75 Å². The summed E-state index contributed by atoms with van der Waals surface area (Å²) >= 11 is 0. The number of likely N-dealkylation sites (N-methyl/N-ethyl adjacent to an activating group) is 1. The molecule has 0 aliphatic carbocycles. The van der Waals surface area contributed by atoms with Crippen molar-refractivity contribution in [1.82, 2.24) is 15.1 Å². The topological polar surface area (TPSA) is 54.0 Å². The van der Waals surface area contributed by atoms with Gasteiger partial charge in [0.2, 0.25) is 0 Å². The molecule has 1 N–H and O–H groups in total. The SMILES string of the molecule is CN1CCN(Cc2ccc(CNC(=O)c3ccc4c(c3)COCO4)cc2)CC1. The van der Waals surface area contributed by atoms with E-state index < -0.39 is 0 Å². The van der Waals surface area contributed by atoms with Crippen LogP contribution in [0.25, 0.3) is 0 Å². The number of nitrogens with one attached hydrogen (secondary N) is 1. The van der Waals surface area contributed by atoms with Crippen molar-refractivity contribution in [2.24, 2.45) is 0 Å². The molecule has 4 rings (SSSR count). The van der Waals surface area contributed by atoms with Crippen molar-refractivity contribution in [2.45, 2.75) is 19.7 Å². The molecule has 0 unspecified atom stereocenters. The van der Waals surface area contributed by atoms with E-state index in [2.05, 4.69) is 46.4 Å². The molecule has 2 aliphatic heterocycles. The van der Waals surface area contributed by atoms with Crippen molar-refractivity contribution in [3.8, 4) is 5.75 Å². The van der Waals surface area contributed by atoms with Crippen LogP contribution in [0.2, 0.25) is 0 Å². The highest BCUT2D eigenvalue weighted by atomic mass is 16.7. The van der Waals surface area contributed by atoms with E-state index in [1.165, 1.54) is 5.56 Å². The fourth-order valence-corrected chi connectivity index (χ4v) is 3.54. The van der Waals surface area contributed by atoms with Gasteiger partial charge in [-0.2, -0.15) is 0 Å². The Morgan fingerprint density at radius 1 is 1.04 bits per heavy atom. The number of nitrogens with zero attached hydrogens (tertiary/aromatic N) is 2. The fourth-order valence-electron chi connectivity index (χ4n) is 3.54. The minimum Gasteiger partial charge on any atom is -0.467 e. The molecule has 0 aromatic heterocycles. The molecule has 0 radical (unpaired) electrons. The number of hydrogen-bond acceptors (Lipinski definition) is 5. The van der Waals surface area contributed by atoms with Gasteiger partial charge in [-0.05, 0) is 36.4 Å². The number of fused-ring (bicyclic) bond motifs is 1. The lowest BCUT2D eigenvalue weighted by atomic mass is 10.1. The van der Waals surface area contributed by atoms with Crippen LogP contribution in [0.15, 0.2) is 42.5 Å². The molecule has 0 saturated carbocycles. The first kappa shape index (κ1) is 18.9. The third-order valence-electron chi connectivity index (χ3n) is 5.36. The molecule has 2 aliphatic rings. The summed E-state index contributed by atoms with van der Waals surface area (Å²) < 4.78 is 10.7. The first-order chi connectivity index (χ1) is 13.7. The third-order valence-corrected chi connectivity index (χ3v) is 5.36. The van der Waals surface area contributed by atoms with Crippen molar-refractivity contribution < 1.29 is 14.3 Å². The number of ether oxygens (including phenoxy) is 2. The van der Waals surface area contributed by atoms with E-state index in [1.807, 2.05) is 12.1 Å². The molecule has 2 aromatic rings. The van der Waals surface area contributed by atoms with Crippen LogP contribution in [0, 0.1) is 0 Å². The Bertz CT molecular complexity index is 814. The summed E-state index contributed by atoms with van der Waals surface area (Å²) in [5.41, 5.74) is 3.95. The van der Waals surface area contributed by atoms with Gasteiger partial charge in [0, 0.05) is 50.4 Å².